The van der Waals surface area contributed by atoms with Crippen LogP contribution in [-0.4, -0.2) is 55.3 Å². The molecule has 1 fully saturated rings. The van der Waals surface area contributed by atoms with Crippen molar-refractivity contribution in [3.05, 3.63) is 29.8 Å². The van der Waals surface area contributed by atoms with Gasteiger partial charge in [-0.2, -0.15) is 0 Å². The Hall–Kier alpha value is -1.59. The molecule has 2 N–H and O–H groups in total. The lowest BCUT2D eigenvalue weighted by molar-refractivity contribution is 0.0696. The van der Waals surface area contributed by atoms with Gasteiger partial charge in [-0.1, -0.05) is 6.07 Å². The zero-order valence-electron chi connectivity index (χ0n) is 11.0. The van der Waals surface area contributed by atoms with Crippen LogP contribution in [0.2, 0.25) is 0 Å². The molecule has 5 heteroatoms. The Kier molecular flexibility index (Phi) is 5.18. The number of hydrogen-bond donors (Lipinski definition) is 2. The number of aromatic carboxylic acids is 1. The van der Waals surface area contributed by atoms with E-state index in [2.05, 4.69) is 10.2 Å². The third-order valence-electron chi connectivity index (χ3n) is 3.19. The molecule has 0 atom stereocenters. The van der Waals surface area contributed by atoms with Gasteiger partial charge in [0.2, 0.25) is 0 Å². The third kappa shape index (κ3) is 4.54. The summed E-state index contributed by atoms with van der Waals surface area (Å²) in [7, 11) is 0. The van der Waals surface area contributed by atoms with Crippen LogP contribution in [0.25, 0.3) is 0 Å². The molecule has 1 aliphatic rings. The van der Waals surface area contributed by atoms with Crippen LogP contribution in [0.1, 0.15) is 16.8 Å². The molecule has 5 nitrogen and oxygen atoms in total. The van der Waals surface area contributed by atoms with Crippen molar-refractivity contribution in [3.8, 4) is 5.75 Å². The second-order valence-electron chi connectivity index (χ2n) is 4.63. The number of ether oxygens (including phenoxy) is 1. The zero-order valence-corrected chi connectivity index (χ0v) is 11.0. The second kappa shape index (κ2) is 7.11. The van der Waals surface area contributed by atoms with Gasteiger partial charge in [-0.25, -0.2) is 4.79 Å². The molecule has 1 heterocycles. The van der Waals surface area contributed by atoms with Crippen molar-refractivity contribution in [3.63, 3.8) is 0 Å². The molecule has 2 rings (SSSR count). The van der Waals surface area contributed by atoms with Crippen LogP contribution in [0.4, 0.5) is 0 Å². The SMILES string of the molecule is O=C(O)c1cccc(OCCN2CCCNCC2)c1. The van der Waals surface area contributed by atoms with Crippen LogP contribution in [0.15, 0.2) is 24.3 Å². The molecular weight excluding hydrogens is 244 g/mol. The Bertz CT molecular complexity index is 415. The van der Waals surface area contributed by atoms with Gasteiger partial charge < -0.3 is 15.2 Å². The first kappa shape index (κ1) is 13.8. The van der Waals surface area contributed by atoms with Crippen LogP contribution < -0.4 is 10.1 Å². The lowest BCUT2D eigenvalue weighted by atomic mass is 10.2. The Morgan fingerprint density at radius 3 is 3.11 bits per heavy atom. The number of hydrogen-bond acceptors (Lipinski definition) is 4. The van der Waals surface area contributed by atoms with E-state index in [1.807, 2.05) is 0 Å². The lowest BCUT2D eigenvalue weighted by Crippen LogP contribution is -2.31. The molecule has 0 bridgehead atoms. The minimum Gasteiger partial charge on any atom is -0.492 e. The fourth-order valence-electron chi connectivity index (χ4n) is 2.14. The molecule has 0 amide bonds. The Morgan fingerprint density at radius 1 is 1.37 bits per heavy atom. The Balaban J connectivity index is 1.78. The summed E-state index contributed by atoms with van der Waals surface area (Å²) in [6, 6.07) is 6.62. The van der Waals surface area contributed by atoms with E-state index < -0.39 is 5.97 Å². The van der Waals surface area contributed by atoms with Crippen LogP contribution in [-0.2, 0) is 0 Å². The monoisotopic (exact) mass is 264 g/mol. The Morgan fingerprint density at radius 2 is 2.26 bits per heavy atom. The Labute approximate surface area is 113 Å². The van der Waals surface area contributed by atoms with E-state index in [-0.39, 0.29) is 5.56 Å². The normalized spacial score (nSPS) is 16.8. The molecular formula is C14H20N2O3. The van der Waals surface area contributed by atoms with Gasteiger partial charge in [-0.05, 0) is 37.7 Å². The standard InChI is InChI=1S/C14H20N2O3/c17-14(18)12-3-1-4-13(11-12)19-10-9-16-7-2-5-15-6-8-16/h1,3-4,11,15H,2,5-10H2,(H,17,18). The number of nitrogens with one attached hydrogen (secondary N) is 1. The summed E-state index contributed by atoms with van der Waals surface area (Å²) >= 11 is 0. The van der Waals surface area contributed by atoms with Crippen molar-refractivity contribution in [2.45, 2.75) is 6.42 Å². The molecule has 0 unspecified atom stereocenters. The first-order valence-electron chi connectivity index (χ1n) is 6.65. The second-order valence-corrected chi connectivity index (χ2v) is 4.63. The number of carboxylic acid groups (broad SMARTS) is 1. The van der Waals surface area contributed by atoms with E-state index in [0.717, 1.165) is 39.1 Å². The topological polar surface area (TPSA) is 61.8 Å². The van der Waals surface area contributed by atoms with E-state index in [0.29, 0.717) is 12.4 Å². The predicted molar refractivity (Wildman–Crippen MR) is 72.8 cm³/mol. The smallest absolute Gasteiger partial charge is 0.335 e. The van der Waals surface area contributed by atoms with E-state index in [4.69, 9.17) is 9.84 Å². The lowest BCUT2D eigenvalue weighted by Gasteiger charge is -2.19. The highest BCUT2D eigenvalue weighted by Gasteiger charge is 2.08. The van der Waals surface area contributed by atoms with Crippen molar-refractivity contribution in [2.75, 3.05) is 39.3 Å². The molecule has 0 saturated carbocycles. The summed E-state index contributed by atoms with van der Waals surface area (Å²) < 4.78 is 5.61. The molecule has 0 radical (unpaired) electrons. The average Bonchev–Trinajstić information content (AvgIpc) is 2.68. The van der Waals surface area contributed by atoms with E-state index in [9.17, 15) is 4.79 Å². The highest BCUT2D eigenvalue weighted by atomic mass is 16.5. The fraction of sp³-hybridized carbons (Fsp3) is 0.500. The van der Waals surface area contributed by atoms with Crippen molar-refractivity contribution >= 4 is 5.97 Å². The van der Waals surface area contributed by atoms with Gasteiger partial charge in [0.05, 0.1) is 5.56 Å². The van der Waals surface area contributed by atoms with Crippen molar-refractivity contribution < 1.29 is 14.6 Å². The largest absolute Gasteiger partial charge is 0.492 e. The van der Waals surface area contributed by atoms with Gasteiger partial charge in [0, 0.05) is 19.6 Å². The number of rotatable bonds is 5. The summed E-state index contributed by atoms with van der Waals surface area (Å²) in [4.78, 5) is 13.2. The number of nitrogens with zero attached hydrogens (tertiary/aromatic N) is 1. The summed E-state index contributed by atoms with van der Waals surface area (Å²) in [5.41, 5.74) is 0.261. The highest BCUT2D eigenvalue weighted by Crippen LogP contribution is 2.13. The van der Waals surface area contributed by atoms with Gasteiger partial charge in [-0.3, -0.25) is 4.90 Å². The summed E-state index contributed by atoms with van der Waals surface area (Å²) in [5, 5.41) is 12.3. The molecule has 0 aliphatic carbocycles. The van der Waals surface area contributed by atoms with Crippen molar-refractivity contribution in [2.24, 2.45) is 0 Å². The van der Waals surface area contributed by atoms with Gasteiger partial charge in [0.1, 0.15) is 12.4 Å². The summed E-state index contributed by atoms with van der Waals surface area (Å²) in [6.45, 7) is 5.69. The van der Waals surface area contributed by atoms with Crippen LogP contribution in [0.5, 0.6) is 5.75 Å². The average molecular weight is 264 g/mol. The van der Waals surface area contributed by atoms with Gasteiger partial charge in [0.15, 0.2) is 0 Å². The van der Waals surface area contributed by atoms with Crippen LogP contribution in [0.3, 0.4) is 0 Å². The summed E-state index contributed by atoms with van der Waals surface area (Å²) in [5.74, 6) is -0.308. The van der Waals surface area contributed by atoms with Crippen molar-refractivity contribution in [1.82, 2.24) is 10.2 Å². The first-order chi connectivity index (χ1) is 9.25. The molecule has 19 heavy (non-hydrogen) atoms. The molecule has 0 spiro atoms. The molecule has 1 saturated heterocycles. The summed E-state index contributed by atoms with van der Waals surface area (Å²) in [6.07, 6.45) is 1.16. The van der Waals surface area contributed by atoms with Gasteiger partial charge in [-0.15, -0.1) is 0 Å². The van der Waals surface area contributed by atoms with Crippen molar-refractivity contribution in [1.29, 1.82) is 0 Å². The first-order valence-corrected chi connectivity index (χ1v) is 6.65. The molecule has 1 aliphatic heterocycles. The van der Waals surface area contributed by atoms with Crippen LogP contribution >= 0.6 is 0 Å². The third-order valence-corrected chi connectivity index (χ3v) is 3.19. The minimum absolute atomic E-state index is 0.261. The maximum atomic E-state index is 10.8. The highest BCUT2D eigenvalue weighted by molar-refractivity contribution is 5.87. The fourth-order valence-corrected chi connectivity index (χ4v) is 2.14. The van der Waals surface area contributed by atoms with E-state index in [1.165, 1.54) is 0 Å². The predicted octanol–water partition coefficient (Wildman–Crippen LogP) is 1.06. The van der Waals surface area contributed by atoms with Gasteiger partial charge in [0.25, 0.3) is 0 Å². The van der Waals surface area contributed by atoms with E-state index in [1.54, 1.807) is 24.3 Å². The molecule has 1 aromatic carbocycles. The zero-order chi connectivity index (χ0) is 13.5. The quantitative estimate of drug-likeness (QED) is 0.832. The van der Waals surface area contributed by atoms with E-state index >= 15 is 0 Å². The maximum Gasteiger partial charge on any atom is 0.335 e. The molecule has 1 aromatic rings. The number of benzene rings is 1. The number of carboxylic acids is 1. The number of carbonyl (C=O) groups is 1. The molecule has 0 aromatic heterocycles. The van der Waals surface area contributed by atoms with Gasteiger partial charge >= 0.3 is 5.97 Å². The minimum atomic E-state index is -0.927. The maximum absolute atomic E-state index is 10.8. The van der Waals surface area contributed by atoms with Crippen LogP contribution in [0, 0.1) is 0 Å². The molecule has 104 valence electrons.